The zero-order valence-corrected chi connectivity index (χ0v) is 12.9. The summed E-state index contributed by atoms with van der Waals surface area (Å²) in [7, 11) is 5.55. The Hall–Kier alpha value is -2.76. The van der Waals surface area contributed by atoms with E-state index in [2.05, 4.69) is 15.4 Å². The van der Waals surface area contributed by atoms with E-state index in [4.69, 9.17) is 4.74 Å². The zero-order chi connectivity index (χ0) is 15.5. The maximum absolute atomic E-state index is 5.60. The molecule has 1 aromatic heterocycles. The highest BCUT2D eigenvalue weighted by atomic mass is 16.5. The van der Waals surface area contributed by atoms with E-state index in [0.717, 1.165) is 28.5 Å². The molecule has 0 fully saturated rings. The van der Waals surface area contributed by atoms with Crippen LogP contribution in [0.1, 0.15) is 0 Å². The first-order valence-electron chi connectivity index (χ1n) is 7.04. The van der Waals surface area contributed by atoms with Gasteiger partial charge in [0.2, 0.25) is 0 Å². The number of nitrogens with zero attached hydrogens (tertiary/aromatic N) is 4. The van der Waals surface area contributed by atoms with Gasteiger partial charge in [0, 0.05) is 32.1 Å². The fraction of sp³-hybridized carbons (Fsp3) is 0.250. The highest BCUT2D eigenvalue weighted by molar-refractivity contribution is 6.05. The number of aromatic nitrogens is 2. The van der Waals surface area contributed by atoms with Gasteiger partial charge in [-0.2, -0.15) is 5.10 Å². The fourth-order valence-corrected chi connectivity index (χ4v) is 2.32. The van der Waals surface area contributed by atoms with Crippen molar-refractivity contribution in [2.75, 3.05) is 26.1 Å². The number of para-hydroxylation sites is 1. The molecule has 6 nitrogen and oxygen atoms in total. The van der Waals surface area contributed by atoms with Crippen LogP contribution in [0.15, 0.2) is 47.7 Å². The lowest BCUT2D eigenvalue weighted by Crippen LogP contribution is -2.21. The molecule has 0 aliphatic carbocycles. The molecule has 0 bridgehead atoms. The number of methoxy groups -OCH3 is 1. The average molecular weight is 297 g/mol. The summed E-state index contributed by atoms with van der Waals surface area (Å²) in [5, 5.41) is 7.76. The molecule has 1 aliphatic rings. The molecule has 2 heterocycles. The zero-order valence-electron chi connectivity index (χ0n) is 12.9. The molecule has 0 atom stereocenters. The quantitative estimate of drug-likeness (QED) is 0.944. The summed E-state index contributed by atoms with van der Waals surface area (Å²) in [6, 6.07) is 7.92. The Kier molecular flexibility index (Phi) is 3.82. The SMILES string of the molecule is COc1c(NC2=NCN(C)C=C2)cccc1-c1ccn(C)n1. The van der Waals surface area contributed by atoms with Gasteiger partial charge in [0.25, 0.3) is 0 Å². The summed E-state index contributed by atoms with van der Waals surface area (Å²) in [4.78, 5) is 6.46. The Labute approximate surface area is 129 Å². The first kappa shape index (κ1) is 14.2. The molecule has 0 saturated heterocycles. The lowest BCUT2D eigenvalue weighted by atomic mass is 10.1. The number of rotatable bonds is 3. The van der Waals surface area contributed by atoms with Crippen molar-refractivity contribution >= 4 is 11.5 Å². The van der Waals surface area contributed by atoms with Gasteiger partial charge in [-0.3, -0.25) is 4.68 Å². The lowest BCUT2D eigenvalue weighted by molar-refractivity contribution is 0.418. The summed E-state index contributed by atoms with van der Waals surface area (Å²) in [5.74, 6) is 1.57. The number of aryl methyl sites for hydroxylation is 1. The molecule has 0 saturated carbocycles. The van der Waals surface area contributed by atoms with Gasteiger partial charge < -0.3 is 15.0 Å². The molecule has 1 aromatic carbocycles. The number of nitrogens with one attached hydrogen (secondary N) is 1. The Morgan fingerprint density at radius 1 is 1.23 bits per heavy atom. The standard InChI is InChI=1S/C16H19N5O/c1-20-9-8-15(17-11-20)18-14-6-4-5-12(16(14)22-3)13-7-10-21(2)19-13/h4-10H,11H2,1-3H3,(H,17,18). The third kappa shape index (κ3) is 2.81. The summed E-state index contributed by atoms with van der Waals surface area (Å²) in [6.07, 6.45) is 5.85. The van der Waals surface area contributed by atoms with Crippen LogP contribution in [0.4, 0.5) is 5.69 Å². The van der Waals surface area contributed by atoms with E-state index in [0.29, 0.717) is 6.67 Å². The molecular weight excluding hydrogens is 278 g/mol. The highest BCUT2D eigenvalue weighted by Crippen LogP contribution is 2.35. The Bertz CT molecular complexity index is 732. The van der Waals surface area contributed by atoms with Crippen LogP contribution in [-0.2, 0) is 7.05 Å². The molecule has 1 aliphatic heterocycles. The Balaban J connectivity index is 1.94. The van der Waals surface area contributed by atoms with E-state index >= 15 is 0 Å². The second-order valence-electron chi connectivity index (χ2n) is 5.14. The van der Waals surface area contributed by atoms with Crippen molar-refractivity contribution in [3.8, 4) is 17.0 Å². The summed E-state index contributed by atoms with van der Waals surface area (Å²) < 4.78 is 7.38. The number of aliphatic imine (C=N–C) groups is 1. The molecular formula is C16H19N5O. The number of hydrogen-bond acceptors (Lipinski definition) is 5. The maximum Gasteiger partial charge on any atom is 0.151 e. The molecule has 2 aromatic rings. The van der Waals surface area contributed by atoms with Crippen molar-refractivity contribution < 1.29 is 4.74 Å². The van der Waals surface area contributed by atoms with E-state index in [-0.39, 0.29) is 0 Å². The number of ether oxygens (including phenoxy) is 1. The predicted molar refractivity (Wildman–Crippen MR) is 88.0 cm³/mol. The molecule has 114 valence electrons. The number of amidine groups is 1. The summed E-state index contributed by atoms with van der Waals surface area (Å²) in [6.45, 7) is 0.640. The van der Waals surface area contributed by atoms with Gasteiger partial charge in [0.05, 0.1) is 18.5 Å². The molecule has 0 spiro atoms. The average Bonchev–Trinajstić information content (AvgIpc) is 2.96. The van der Waals surface area contributed by atoms with Crippen molar-refractivity contribution in [1.29, 1.82) is 0 Å². The molecule has 3 rings (SSSR count). The van der Waals surface area contributed by atoms with Crippen LogP contribution in [0.25, 0.3) is 11.3 Å². The Morgan fingerprint density at radius 2 is 2.09 bits per heavy atom. The maximum atomic E-state index is 5.60. The van der Waals surface area contributed by atoms with Crippen LogP contribution in [0, 0.1) is 0 Å². The molecule has 0 amide bonds. The summed E-state index contributed by atoms with van der Waals surface area (Å²) >= 11 is 0. The van der Waals surface area contributed by atoms with Crippen molar-refractivity contribution in [2.45, 2.75) is 0 Å². The first-order valence-corrected chi connectivity index (χ1v) is 7.04. The highest BCUT2D eigenvalue weighted by Gasteiger charge is 2.14. The molecule has 1 N–H and O–H groups in total. The van der Waals surface area contributed by atoms with Crippen molar-refractivity contribution in [3.05, 3.63) is 42.7 Å². The molecule has 22 heavy (non-hydrogen) atoms. The van der Waals surface area contributed by atoms with Gasteiger partial charge in [-0.25, -0.2) is 4.99 Å². The number of anilines is 1. The van der Waals surface area contributed by atoms with E-state index in [9.17, 15) is 0 Å². The van der Waals surface area contributed by atoms with Crippen LogP contribution in [-0.4, -0.2) is 41.3 Å². The van der Waals surface area contributed by atoms with E-state index < -0.39 is 0 Å². The molecule has 0 unspecified atom stereocenters. The fourth-order valence-electron chi connectivity index (χ4n) is 2.32. The van der Waals surface area contributed by atoms with E-state index in [1.165, 1.54) is 0 Å². The van der Waals surface area contributed by atoms with Gasteiger partial charge in [-0.05, 0) is 24.3 Å². The molecule has 0 radical (unpaired) electrons. The van der Waals surface area contributed by atoms with Crippen molar-refractivity contribution in [3.63, 3.8) is 0 Å². The molecule has 6 heteroatoms. The monoisotopic (exact) mass is 297 g/mol. The minimum atomic E-state index is 0.640. The minimum Gasteiger partial charge on any atom is -0.494 e. The minimum absolute atomic E-state index is 0.640. The van der Waals surface area contributed by atoms with Gasteiger partial charge in [0.15, 0.2) is 5.75 Å². The van der Waals surface area contributed by atoms with Crippen molar-refractivity contribution in [1.82, 2.24) is 14.7 Å². The van der Waals surface area contributed by atoms with Crippen LogP contribution in [0.3, 0.4) is 0 Å². The first-order chi connectivity index (χ1) is 10.7. The predicted octanol–water partition coefficient (Wildman–Crippen LogP) is 2.32. The largest absolute Gasteiger partial charge is 0.494 e. The van der Waals surface area contributed by atoms with Crippen LogP contribution < -0.4 is 10.1 Å². The van der Waals surface area contributed by atoms with Gasteiger partial charge in [0.1, 0.15) is 12.5 Å². The summed E-state index contributed by atoms with van der Waals surface area (Å²) in [5.41, 5.74) is 2.70. The van der Waals surface area contributed by atoms with Crippen molar-refractivity contribution in [2.24, 2.45) is 12.0 Å². The van der Waals surface area contributed by atoms with E-state index in [1.807, 2.05) is 61.7 Å². The number of hydrogen-bond donors (Lipinski definition) is 1. The third-order valence-electron chi connectivity index (χ3n) is 3.42. The lowest BCUT2D eigenvalue weighted by Gasteiger charge is -2.19. The van der Waals surface area contributed by atoms with E-state index in [1.54, 1.807) is 11.8 Å². The van der Waals surface area contributed by atoms with Gasteiger partial charge in [-0.1, -0.05) is 6.07 Å². The van der Waals surface area contributed by atoms with Gasteiger partial charge >= 0.3 is 0 Å². The van der Waals surface area contributed by atoms with Crippen LogP contribution in [0.5, 0.6) is 5.75 Å². The number of benzene rings is 1. The topological polar surface area (TPSA) is 54.7 Å². The van der Waals surface area contributed by atoms with Crippen LogP contribution in [0.2, 0.25) is 0 Å². The third-order valence-corrected chi connectivity index (χ3v) is 3.42. The second kappa shape index (κ2) is 5.93. The smallest absolute Gasteiger partial charge is 0.151 e. The normalized spacial score (nSPS) is 14.0. The second-order valence-corrected chi connectivity index (χ2v) is 5.14. The van der Waals surface area contributed by atoms with Gasteiger partial charge in [-0.15, -0.1) is 0 Å². The van der Waals surface area contributed by atoms with Crippen LogP contribution >= 0.6 is 0 Å². The Morgan fingerprint density at radius 3 is 2.73 bits per heavy atom.